The number of carbonyl (C=O) groups is 1. The number of hydrogen-bond donors (Lipinski definition) is 2. The topological polar surface area (TPSA) is 81.2 Å². The second kappa shape index (κ2) is 13.7. The molecule has 0 aromatic heterocycles. The Kier molecular flexibility index (Phi) is 11.5. The van der Waals surface area contributed by atoms with Crippen LogP contribution in [-0.2, 0) is 16.0 Å². The highest BCUT2D eigenvalue weighted by Crippen LogP contribution is 2.27. The quantitative estimate of drug-likeness (QED) is 0.251. The van der Waals surface area contributed by atoms with Gasteiger partial charge in [-0.2, -0.15) is 0 Å². The maximum atomic E-state index is 11.1. The Bertz CT molecular complexity index is 591. The summed E-state index contributed by atoms with van der Waals surface area (Å²) in [5.41, 5.74) is 1.17. The summed E-state index contributed by atoms with van der Waals surface area (Å²) in [5, 5.41) is 6.59. The summed E-state index contributed by atoms with van der Waals surface area (Å²) in [4.78, 5) is 15.6. The van der Waals surface area contributed by atoms with E-state index in [-0.39, 0.29) is 5.97 Å². The van der Waals surface area contributed by atoms with Gasteiger partial charge in [0.05, 0.1) is 21.3 Å². The number of benzene rings is 1. The SMILES string of the molecule is CCNC(=NCCCCCC(=O)OC)NCCc1ccc(OC)c(OC)c1. The smallest absolute Gasteiger partial charge is 0.305 e. The number of esters is 1. The highest BCUT2D eigenvalue weighted by atomic mass is 16.5. The molecule has 0 spiro atoms. The van der Waals surface area contributed by atoms with Crippen molar-refractivity contribution in [1.29, 1.82) is 0 Å². The number of carbonyl (C=O) groups excluding carboxylic acids is 1. The lowest BCUT2D eigenvalue weighted by atomic mass is 10.1. The van der Waals surface area contributed by atoms with E-state index in [0.29, 0.717) is 6.42 Å². The van der Waals surface area contributed by atoms with Gasteiger partial charge in [-0.3, -0.25) is 9.79 Å². The first-order valence-electron chi connectivity index (χ1n) is 9.44. The average Bonchev–Trinajstić information content (AvgIpc) is 2.69. The van der Waals surface area contributed by atoms with Crippen LogP contribution in [0.25, 0.3) is 0 Å². The maximum Gasteiger partial charge on any atom is 0.305 e. The summed E-state index contributed by atoms with van der Waals surface area (Å²) in [7, 11) is 4.69. The molecule has 0 fully saturated rings. The van der Waals surface area contributed by atoms with Gasteiger partial charge in [-0.25, -0.2) is 0 Å². The van der Waals surface area contributed by atoms with Crippen molar-refractivity contribution in [2.75, 3.05) is 41.0 Å². The first kappa shape index (κ1) is 22.6. The van der Waals surface area contributed by atoms with Crippen LogP contribution in [0.3, 0.4) is 0 Å². The molecule has 0 unspecified atom stereocenters. The van der Waals surface area contributed by atoms with Crippen molar-refractivity contribution in [3.05, 3.63) is 23.8 Å². The van der Waals surface area contributed by atoms with Gasteiger partial charge in [0.1, 0.15) is 0 Å². The molecule has 0 amide bonds. The summed E-state index contributed by atoms with van der Waals surface area (Å²) >= 11 is 0. The standard InChI is InChI=1S/C20H33N3O4/c1-5-21-20(22-13-8-6-7-9-19(24)27-4)23-14-12-16-10-11-17(25-2)18(15-16)26-3/h10-11,15H,5-9,12-14H2,1-4H3,(H2,21,22,23). The van der Waals surface area contributed by atoms with Gasteiger partial charge in [0.25, 0.3) is 0 Å². The summed E-state index contributed by atoms with van der Waals surface area (Å²) in [6.07, 6.45) is 4.08. The molecule has 0 atom stereocenters. The molecule has 0 saturated carbocycles. The van der Waals surface area contributed by atoms with Crippen molar-refractivity contribution in [3.63, 3.8) is 0 Å². The predicted octanol–water partition coefficient (Wildman–Crippen LogP) is 2.53. The van der Waals surface area contributed by atoms with Crippen LogP contribution in [0, 0.1) is 0 Å². The van der Waals surface area contributed by atoms with Crippen LogP contribution >= 0.6 is 0 Å². The Morgan fingerprint density at radius 2 is 1.81 bits per heavy atom. The lowest BCUT2D eigenvalue weighted by molar-refractivity contribution is -0.140. The number of guanidine groups is 1. The zero-order valence-electron chi connectivity index (χ0n) is 17.0. The molecule has 1 aromatic rings. The fourth-order valence-corrected chi connectivity index (χ4v) is 2.55. The van der Waals surface area contributed by atoms with E-state index < -0.39 is 0 Å². The maximum absolute atomic E-state index is 11.1. The van der Waals surface area contributed by atoms with E-state index in [0.717, 1.165) is 62.8 Å². The van der Waals surface area contributed by atoms with E-state index in [1.54, 1.807) is 14.2 Å². The van der Waals surface area contributed by atoms with Crippen LogP contribution in [0.1, 0.15) is 38.2 Å². The van der Waals surface area contributed by atoms with Crippen molar-refractivity contribution in [1.82, 2.24) is 10.6 Å². The van der Waals surface area contributed by atoms with E-state index in [2.05, 4.69) is 20.4 Å². The minimum Gasteiger partial charge on any atom is -0.493 e. The molecule has 0 bridgehead atoms. The van der Waals surface area contributed by atoms with E-state index in [1.807, 2.05) is 25.1 Å². The molecule has 1 rings (SSSR count). The number of nitrogens with one attached hydrogen (secondary N) is 2. The molecule has 0 aliphatic heterocycles. The van der Waals surface area contributed by atoms with Gasteiger partial charge in [-0.15, -0.1) is 0 Å². The van der Waals surface area contributed by atoms with Gasteiger partial charge in [0, 0.05) is 26.1 Å². The Hall–Kier alpha value is -2.44. The third kappa shape index (κ3) is 9.17. The lowest BCUT2D eigenvalue weighted by Gasteiger charge is -2.12. The number of ether oxygens (including phenoxy) is 3. The molecule has 152 valence electrons. The Balaban J connectivity index is 2.38. The number of hydrogen-bond acceptors (Lipinski definition) is 5. The molecule has 1 aromatic carbocycles. The number of methoxy groups -OCH3 is 3. The number of aliphatic imine (C=N–C) groups is 1. The molecule has 0 saturated heterocycles. The number of unbranched alkanes of at least 4 members (excludes halogenated alkanes) is 2. The molecule has 0 aliphatic rings. The zero-order chi connectivity index (χ0) is 19.9. The summed E-state index contributed by atoms with van der Waals surface area (Å²) < 4.78 is 15.2. The summed E-state index contributed by atoms with van der Waals surface area (Å²) in [5.74, 6) is 2.13. The van der Waals surface area contributed by atoms with E-state index in [4.69, 9.17) is 9.47 Å². The third-order valence-corrected chi connectivity index (χ3v) is 4.03. The van der Waals surface area contributed by atoms with Gasteiger partial charge < -0.3 is 24.8 Å². The molecule has 27 heavy (non-hydrogen) atoms. The van der Waals surface area contributed by atoms with Gasteiger partial charge in [0.15, 0.2) is 17.5 Å². The first-order valence-corrected chi connectivity index (χ1v) is 9.44. The van der Waals surface area contributed by atoms with Crippen molar-refractivity contribution >= 4 is 11.9 Å². The van der Waals surface area contributed by atoms with Crippen molar-refractivity contribution in [3.8, 4) is 11.5 Å². The lowest BCUT2D eigenvalue weighted by Crippen LogP contribution is -2.38. The molecule has 0 radical (unpaired) electrons. The number of rotatable bonds is 12. The van der Waals surface area contributed by atoms with Gasteiger partial charge >= 0.3 is 5.97 Å². The molecule has 7 nitrogen and oxygen atoms in total. The van der Waals surface area contributed by atoms with Crippen molar-refractivity contribution in [2.24, 2.45) is 4.99 Å². The zero-order valence-corrected chi connectivity index (χ0v) is 17.0. The Morgan fingerprint density at radius 1 is 1.04 bits per heavy atom. The van der Waals surface area contributed by atoms with E-state index >= 15 is 0 Å². The summed E-state index contributed by atoms with van der Waals surface area (Å²) in [6, 6.07) is 5.95. The van der Waals surface area contributed by atoms with Crippen molar-refractivity contribution in [2.45, 2.75) is 39.0 Å². The molecule has 2 N–H and O–H groups in total. The third-order valence-electron chi connectivity index (χ3n) is 4.03. The second-order valence-electron chi connectivity index (χ2n) is 6.01. The van der Waals surface area contributed by atoms with E-state index in [9.17, 15) is 4.79 Å². The second-order valence-corrected chi connectivity index (χ2v) is 6.01. The fraction of sp³-hybridized carbons (Fsp3) is 0.600. The van der Waals surface area contributed by atoms with Gasteiger partial charge in [-0.05, 0) is 43.9 Å². The normalized spacial score (nSPS) is 11.0. The van der Waals surface area contributed by atoms with Crippen LogP contribution in [0.4, 0.5) is 0 Å². The van der Waals surface area contributed by atoms with E-state index in [1.165, 1.54) is 12.7 Å². The molecule has 0 heterocycles. The van der Waals surface area contributed by atoms with Gasteiger partial charge in [0.2, 0.25) is 0 Å². The minimum absolute atomic E-state index is 0.149. The molecule has 0 aliphatic carbocycles. The Labute approximate surface area is 162 Å². The Morgan fingerprint density at radius 3 is 2.48 bits per heavy atom. The molecular weight excluding hydrogens is 346 g/mol. The summed E-state index contributed by atoms with van der Waals surface area (Å²) in [6.45, 7) is 4.35. The number of nitrogens with zero attached hydrogens (tertiary/aromatic N) is 1. The molecule has 7 heteroatoms. The highest BCUT2D eigenvalue weighted by molar-refractivity contribution is 5.79. The van der Waals surface area contributed by atoms with Crippen LogP contribution in [-0.4, -0.2) is 52.9 Å². The average molecular weight is 380 g/mol. The highest BCUT2D eigenvalue weighted by Gasteiger charge is 2.05. The first-order chi connectivity index (χ1) is 13.1. The fourth-order valence-electron chi connectivity index (χ4n) is 2.55. The van der Waals surface area contributed by atoms with Gasteiger partial charge in [-0.1, -0.05) is 12.5 Å². The molecular formula is C20H33N3O4. The van der Waals surface area contributed by atoms with Crippen LogP contribution in [0.2, 0.25) is 0 Å². The monoisotopic (exact) mass is 379 g/mol. The predicted molar refractivity (Wildman–Crippen MR) is 108 cm³/mol. The van der Waals surface area contributed by atoms with Crippen LogP contribution in [0.5, 0.6) is 11.5 Å². The van der Waals surface area contributed by atoms with Crippen LogP contribution in [0.15, 0.2) is 23.2 Å². The largest absolute Gasteiger partial charge is 0.493 e. The van der Waals surface area contributed by atoms with Crippen molar-refractivity contribution < 1.29 is 19.0 Å². The van der Waals surface area contributed by atoms with Crippen LogP contribution < -0.4 is 20.1 Å². The minimum atomic E-state index is -0.149.